The van der Waals surface area contributed by atoms with Gasteiger partial charge < -0.3 is 19.7 Å². The Hall–Kier alpha value is -0.380. The molecule has 2 unspecified atom stereocenters. The van der Waals surface area contributed by atoms with Crippen molar-refractivity contribution in [2.45, 2.75) is 45.1 Å². The van der Waals surface area contributed by atoms with Gasteiger partial charge in [0.25, 0.3) is 0 Å². The number of rotatable bonds is 11. The van der Waals surface area contributed by atoms with Crippen molar-refractivity contribution in [1.29, 1.82) is 0 Å². The van der Waals surface area contributed by atoms with Crippen molar-refractivity contribution < 1.29 is 9.47 Å². The summed E-state index contributed by atoms with van der Waals surface area (Å²) in [5, 5.41) is 3.47. The predicted molar refractivity (Wildman–Crippen MR) is 128 cm³/mol. The molecule has 0 saturated carbocycles. The Morgan fingerprint density at radius 1 is 1.25 bits per heavy atom. The van der Waals surface area contributed by atoms with E-state index in [1.165, 1.54) is 19.3 Å². The minimum atomic E-state index is 0. The van der Waals surface area contributed by atoms with Gasteiger partial charge in [-0.05, 0) is 32.6 Å². The van der Waals surface area contributed by atoms with E-state index in [1.807, 2.05) is 6.08 Å². The third-order valence-electron chi connectivity index (χ3n) is 5.55. The van der Waals surface area contributed by atoms with Gasteiger partial charge in [0.15, 0.2) is 5.96 Å². The fraction of sp³-hybridized carbons (Fsp3) is 0.857. The number of ether oxygens (including phenoxy) is 2. The highest BCUT2D eigenvalue weighted by molar-refractivity contribution is 14.0. The van der Waals surface area contributed by atoms with Gasteiger partial charge in [0.1, 0.15) is 0 Å². The van der Waals surface area contributed by atoms with Gasteiger partial charge in [-0.3, -0.25) is 9.89 Å². The summed E-state index contributed by atoms with van der Waals surface area (Å²) in [4.78, 5) is 9.86. The fourth-order valence-corrected chi connectivity index (χ4v) is 3.90. The Bertz CT molecular complexity index is 438. The first-order chi connectivity index (χ1) is 13.3. The second-order valence-electron chi connectivity index (χ2n) is 7.59. The zero-order chi connectivity index (χ0) is 19.3. The smallest absolute Gasteiger partial charge is 0.193 e. The first kappa shape index (κ1) is 25.7. The molecule has 6 nitrogen and oxygen atoms in total. The largest absolute Gasteiger partial charge is 0.381 e. The van der Waals surface area contributed by atoms with E-state index in [0.29, 0.717) is 12.0 Å². The van der Waals surface area contributed by atoms with Crippen LogP contribution in [0.4, 0.5) is 0 Å². The summed E-state index contributed by atoms with van der Waals surface area (Å²) in [5.74, 6) is 1.61. The highest BCUT2D eigenvalue weighted by Gasteiger charge is 2.31. The molecule has 2 rings (SSSR count). The topological polar surface area (TPSA) is 49.3 Å². The van der Waals surface area contributed by atoms with Gasteiger partial charge in [-0.15, -0.1) is 30.6 Å². The molecule has 0 aromatic carbocycles. The summed E-state index contributed by atoms with van der Waals surface area (Å²) in [6.07, 6.45) is 7.93. The lowest BCUT2D eigenvalue weighted by molar-refractivity contribution is 0.00364. The number of hydrogen-bond acceptors (Lipinski definition) is 4. The van der Waals surface area contributed by atoms with Crippen LogP contribution < -0.4 is 5.32 Å². The van der Waals surface area contributed by atoms with E-state index in [4.69, 9.17) is 14.5 Å². The molecule has 2 fully saturated rings. The third-order valence-corrected chi connectivity index (χ3v) is 5.55. The molecule has 0 aromatic heterocycles. The average molecular weight is 508 g/mol. The molecule has 28 heavy (non-hydrogen) atoms. The number of guanidine groups is 1. The molecule has 2 atom stereocenters. The molecule has 2 heterocycles. The van der Waals surface area contributed by atoms with Crippen LogP contribution in [0, 0.1) is 5.92 Å². The summed E-state index contributed by atoms with van der Waals surface area (Å²) >= 11 is 0. The van der Waals surface area contributed by atoms with E-state index in [-0.39, 0.29) is 24.0 Å². The van der Waals surface area contributed by atoms with Crippen molar-refractivity contribution in [1.82, 2.24) is 15.1 Å². The lowest BCUT2D eigenvalue weighted by Crippen LogP contribution is -2.49. The first-order valence-electron chi connectivity index (χ1n) is 10.8. The summed E-state index contributed by atoms with van der Waals surface area (Å²) in [5.41, 5.74) is 0. The van der Waals surface area contributed by atoms with Gasteiger partial charge in [-0.25, -0.2) is 0 Å². The van der Waals surface area contributed by atoms with Crippen LogP contribution in [0.1, 0.15) is 39.0 Å². The number of nitrogens with one attached hydrogen (secondary N) is 1. The summed E-state index contributed by atoms with van der Waals surface area (Å²) < 4.78 is 11.2. The van der Waals surface area contributed by atoms with Crippen molar-refractivity contribution >= 4 is 29.9 Å². The van der Waals surface area contributed by atoms with E-state index in [0.717, 1.165) is 78.0 Å². The molecule has 0 aromatic rings. The van der Waals surface area contributed by atoms with Crippen LogP contribution in [0.25, 0.3) is 0 Å². The van der Waals surface area contributed by atoms with Crippen LogP contribution in [0.5, 0.6) is 0 Å². The molecular formula is C21H41IN4O2. The molecule has 0 spiro atoms. The normalized spacial score (nSPS) is 21.8. The molecule has 0 aliphatic carbocycles. The Balaban J connectivity index is 0.00000392. The number of allylic oxidation sites excluding steroid dienone is 1. The SMILES string of the molecule is C=CCCCCCN(C)C(=NCC(C1CCOC1)N1CCOCC1)NCC.I. The molecule has 2 aliphatic heterocycles. The minimum absolute atomic E-state index is 0. The van der Waals surface area contributed by atoms with Crippen molar-refractivity contribution in [2.24, 2.45) is 10.9 Å². The molecular weight excluding hydrogens is 467 g/mol. The second-order valence-corrected chi connectivity index (χ2v) is 7.59. The van der Waals surface area contributed by atoms with Gasteiger partial charge in [-0.2, -0.15) is 0 Å². The lowest BCUT2D eigenvalue weighted by Gasteiger charge is -2.37. The van der Waals surface area contributed by atoms with Gasteiger partial charge in [-0.1, -0.05) is 12.5 Å². The predicted octanol–water partition coefficient (Wildman–Crippen LogP) is 2.99. The van der Waals surface area contributed by atoms with E-state index in [9.17, 15) is 0 Å². The number of nitrogens with zero attached hydrogens (tertiary/aromatic N) is 3. The quantitative estimate of drug-likeness (QED) is 0.153. The number of unbranched alkanes of at least 4 members (excludes halogenated alkanes) is 3. The summed E-state index contributed by atoms with van der Waals surface area (Å²) in [7, 11) is 2.15. The lowest BCUT2D eigenvalue weighted by atomic mass is 9.97. The average Bonchev–Trinajstić information content (AvgIpc) is 3.22. The van der Waals surface area contributed by atoms with Crippen molar-refractivity contribution in [3.05, 3.63) is 12.7 Å². The van der Waals surface area contributed by atoms with Crippen molar-refractivity contribution in [3.8, 4) is 0 Å². The maximum Gasteiger partial charge on any atom is 0.193 e. The zero-order valence-corrected chi connectivity index (χ0v) is 20.2. The van der Waals surface area contributed by atoms with Crippen LogP contribution in [-0.4, -0.2) is 88.0 Å². The van der Waals surface area contributed by atoms with Gasteiger partial charge in [0.2, 0.25) is 0 Å². The third kappa shape index (κ3) is 8.97. The van der Waals surface area contributed by atoms with Gasteiger partial charge in [0.05, 0.1) is 26.4 Å². The summed E-state index contributed by atoms with van der Waals surface area (Å²) in [6, 6.07) is 0.450. The number of morpholine rings is 1. The zero-order valence-electron chi connectivity index (χ0n) is 17.9. The highest BCUT2D eigenvalue weighted by Crippen LogP contribution is 2.22. The Kier molecular flexibility index (Phi) is 14.2. The maximum absolute atomic E-state index is 5.68. The Morgan fingerprint density at radius 2 is 2.04 bits per heavy atom. The van der Waals surface area contributed by atoms with E-state index >= 15 is 0 Å². The van der Waals surface area contributed by atoms with Gasteiger partial charge in [0, 0.05) is 51.8 Å². The van der Waals surface area contributed by atoms with E-state index in [1.54, 1.807) is 0 Å². The van der Waals surface area contributed by atoms with Crippen LogP contribution in [0.3, 0.4) is 0 Å². The highest BCUT2D eigenvalue weighted by atomic mass is 127. The molecule has 2 saturated heterocycles. The second kappa shape index (κ2) is 15.5. The van der Waals surface area contributed by atoms with Crippen LogP contribution in [0.15, 0.2) is 17.6 Å². The molecule has 7 heteroatoms. The van der Waals surface area contributed by atoms with Crippen LogP contribution in [0.2, 0.25) is 0 Å². The number of aliphatic imine (C=N–C) groups is 1. The van der Waals surface area contributed by atoms with Gasteiger partial charge >= 0.3 is 0 Å². The Morgan fingerprint density at radius 3 is 2.68 bits per heavy atom. The van der Waals surface area contributed by atoms with E-state index in [2.05, 4.69) is 35.7 Å². The number of hydrogen-bond donors (Lipinski definition) is 1. The van der Waals surface area contributed by atoms with Crippen molar-refractivity contribution in [2.75, 3.05) is 66.2 Å². The van der Waals surface area contributed by atoms with E-state index < -0.39 is 0 Å². The standard InChI is InChI=1S/C21H40N4O2.HI/c1-4-6-7-8-9-11-24(3)21(22-5-2)23-17-20(19-10-14-27-18-19)25-12-15-26-16-13-25;/h4,19-20H,1,5-18H2,2-3H3,(H,22,23);1H. The van der Waals surface area contributed by atoms with Crippen molar-refractivity contribution in [3.63, 3.8) is 0 Å². The number of halogens is 1. The molecule has 2 aliphatic rings. The summed E-state index contributed by atoms with van der Waals surface area (Å²) in [6.45, 7) is 14.1. The molecule has 0 amide bonds. The molecule has 0 bridgehead atoms. The van der Waals surface area contributed by atoms with Crippen LogP contribution >= 0.6 is 24.0 Å². The molecule has 0 radical (unpaired) electrons. The van der Waals surface area contributed by atoms with Crippen LogP contribution in [-0.2, 0) is 9.47 Å². The first-order valence-corrected chi connectivity index (χ1v) is 10.8. The molecule has 164 valence electrons. The Labute approximate surface area is 189 Å². The monoisotopic (exact) mass is 508 g/mol. The molecule has 1 N–H and O–H groups in total. The minimum Gasteiger partial charge on any atom is -0.381 e. The maximum atomic E-state index is 5.68. The fourth-order valence-electron chi connectivity index (χ4n) is 3.90.